The van der Waals surface area contributed by atoms with E-state index in [9.17, 15) is 9.59 Å². The predicted octanol–water partition coefficient (Wildman–Crippen LogP) is 6.02. The van der Waals surface area contributed by atoms with E-state index in [0.29, 0.717) is 49.7 Å². The molecule has 8 heteroatoms. The highest BCUT2D eigenvalue weighted by Crippen LogP contribution is 2.48. The van der Waals surface area contributed by atoms with E-state index in [2.05, 4.69) is 41.8 Å². The number of halogens is 2. The van der Waals surface area contributed by atoms with Crippen molar-refractivity contribution in [3.8, 4) is 0 Å². The molecule has 6 rings (SSSR count). The lowest BCUT2D eigenvalue weighted by atomic mass is 9.87. The number of carbonyl (C=O) groups is 2. The molecule has 2 aliphatic heterocycles. The van der Waals surface area contributed by atoms with Gasteiger partial charge >= 0.3 is 5.97 Å². The number of piperazine rings is 1. The van der Waals surface area contributed by atoms with Crippen LogP contribution in [0.1, 0.15) is 82.1 Å². The zero-order valence-electron chi connectivity index (χ0n) is 26.9. The molecule has 0 bridgehead atoms. The summed E-state index contributed by atoms with van der Waals surface area (Å²) in [6, 6.07) is 11.0. The fourth-order valence-electron chi connectivity index (χ4n) is 7.63. The van der Waals surface area contributed by atoms with Gasteiger partial charge in [-0.05, 0) is 108 Å². The fourth-order valence-corrected chi connectivity index (χ4v) is 7.78. The van der Waals surface area contributed by atoms with Gasteiger partial charge in [-0.15, -0.1) is 0 Å². The van der Waals surface area contributed by atoms with E-state index in [1.807, 2.05) is 25.7 Å². The molecule has 2 aliphatic carbocycles. The molecule has 3 fully saturated rings. The number of aryl methyl sites for hydroxylation is 2. The number of hydrogen-bond acceptors (Lipinski definition) is 5. The van der Waals surface area contributed by atoms with Gasteiger partial charge in [0.1, 0.15) is 17.5 Å². The highest BCUT2D eigenvalue weighted by molar-refractivity contribution is 6.30. The topological polar surface area (TPSA) is 53.1 Å². The molecule has 0 aromatic heterocycles. The van der Waals surface area contributed by atoms with Crippen LogP contribution in [0.3, 0.4) is 0 Å². The largest absolute Gasteiger partial charge is 0.459 e. The third-order valence-corrected chi connectivity index (χ3v) is 10.6. The minimum absolute atomic E-state index is 0.0793. The molecular formula is C36H47ClFN3O3. The first-order valence-corrected chi connectivity index (χ1v) is 16.8. The van der Waals surface area contributed by atoms with Crippen molar-refractivity contribution in [3.05, 3.63) is 69.5 Å². The number of ether oxygens (including phenoxy) is 1. The number of esters is 1. The molecule has 4 atom stereocenters. The summed E-state index contributed by atoms with van der Waals surface area (Å²) in [5.41, 5.74) is 4.05. The van der Waals surface area contributed by atoms with Crippen LogP contribution in [-0.2, 0) is 33.6 Å². The SMILES string of the molecule is C[C@H]1CN([C@@H](Cc2ccc3c(c2)CCC3)C(=O)OC(C)(C)C)CCN1C(=O)[C@@H]1CN(C2(C)CC2)C[C@H]1c1ccc(Cl)cc1F. The lowest BCUT2D eigenvalue weighted by Crippen LogP contribution is -2.60. The molecule has 6 nitrogen and oxygen atoms in total. The normalized spacial score (nSPS) is 26.0. The Bertz CT molecular complexity index is 1420. The average Bonchev–Trinajstić information content (AvgIpc) is 3.33. The summed E-state index contributed by atoms with van der Waals surface area (Å²) in [6.45, 7) is 13.0. The van der Waals surface area contributed by atoms with Gasteiger partial charge in [-0.25, -0.2) is 4.39 Å². The molecule has 2 heterocycles. The standard InChI is InChI=1S/C36H47ClFN3O3/c1-23-20-39(32(34(43)44-35(2,3)4)18-24-9-10-25-7-6-8-26(25)17-24)15-16-41(23)33(42)30-22-40(36(5)13-14-36)21-29(30)28-12-11-27(37)19-31(28)38/h9-12,17,19,23,29-30,32H,6-8,13-16,18,20-22H2,1-5H3/t23-,29-,30+,32-/m0/s1. The summed E-state index contributed by atoms with van der Waals surface area (Å²) in [5, 5.41) is 0.363. The zero-order valence-corrected chi connectivity index (χ0v) is 27.6. The van der Waals surface area contributed by atoms with Crippen LogP contribution in [0.4, 0.5) is 4.39 Å². The maximum absolute atomic E-state index is 15.2. The number of fused-ring (bicyclic) bond motifs is 1. The van der Waals surface area contributed by atoms with Gasteiger partial charge in [0.05, 0.1) is 5.92 Å². The Balaban J connectivity index is 1.20. The third kappa shape index (κ3) is 6.56. The van der Waals surface area contributed by atoms with Crippen LogP contribution < -0.4 is 0 Å². The van der Waals surface area contributed by atoms with Crippen molar-refractivity contribution < 1.29 is 18.7 Å². The molecule has 0 radical (unpaired) electrons. The number of likely N-dealkylation sites (tertiary alicyclic amines) is 1. The van der Waals surface area contributed by atoms with Crippen LogP contribution in [0.25, 0.3) is 0 Å². The second-order valence-corrected chi connectivity index (χ2v) is 15.3. The van der Waals surface area contributed by atoms with E-state index < -0.39 is 11.6 Å². The summed E-state index contributed by atoms with van der Waals surface area (Å²) < 4.78 is 21.1. The lowest BCUT2D eigenvalue weighted by Gasteiger charge is -2.44. The average molecular weight is 624 g/mol. The Morgan fingerprint density at radius 3 is 2.48 bits per heavy atom. The van der Waals surface area contributed by atoms with Gasteiger partial charge in [-0.3, -0.25) is 19.4 Å². The van der Waals surface area contributed by atoms with Crippen molar-refractivity contribution in [2.45, 2.75) is 102 Å². The van der Waals surface area contributed by atoms with Crippen molar-refractivity contribution >= 4 is 23.5 Å². The number of rotatable bonds is 7. The number of nitrogens with zero attached hydrogens (tertiary/aromatic N) is 3. The van der Waals surface area contributed by atoms with Crippen LogP contribution in [0.5, 0.6) is 0 Å². The van der Waals surface area contributed by atoms with Gasteiger partial charge < -0.3 is 9.64 Å². The molecule has 0 unspecified atom stereocenters. The van der Waals surface area contributed by atoms with E-state index in [-0.39, 0.29) is 41.1 Å². The van der Waals surface area contributed by atoms with Crippen LogP contribution in [0, 0.1) is 11.7 Å². The predicted molar refractivity (Wildman–Crippen MR) is 171 cm³/mol. The summed E-state index contributed by atoms with van der Waals surface area (Å²) in [7, 11) is 0. The highest BCUT2D eigenvalue weighted by atomic mass is 35.5. The molecule has 2 saturated heterocycles. The summed E-state index contributed by atoms with van der Waals surface area (Å²) in [6.07, 6.45) is 6.20. The van der Waals surface area contributed by atoms with Gasteiger partial charge in [0.15, 0.2) is 0 Å². The lowest BCUT2D eigenvalue weighted by molar-refractivity contribution is -0.163. The Morgan fingerprint density at radius 1 is 1.05 bits per heavy atom. The van der Waals surface area contributed by atoms with Crippen molar-refractivity contribution in [1.29, 1.82) is 0 Å². The molecule has 4 aliphatic rings. The van der Waals surface area contributed by atoms with Gasteiger partial charge in [0.25, 0.3) is 0 Å². The molecule has 2 aromatic rings. The molecule has 1 amide bonds. The number of carbonyl (C=O) groups excluding carboxylic acids is 2. The quantitative estimate of drug-likeness (QED) is 0.353. The van der Waals surface area contributed by atoms with Crippen molar-refractivity contribution in [1.82, 2.24) is 14.7 Å². The maximum atomic E-state index is 15.2. The number of amides is 1. The van der Waals surface area contributed by atoms with Gasteiger partial charge in [-0.1, -0.05) is 35.9 Å². The fraction of sp³-hybridized carbons (Fsp3) is 0.611. The maximum Gasteiger partial charge on any atom is 0.324 e. The van der Waals surface area contributed by atoms with Crippen LogP contribution >= 0.6 is 11.6 Å². The van der Waals surface area contributed by atoms with Crippen LogP contribution in [0.2, 0.25) is 5.02 Å². The van der Waals surface area contributed by atoms with E-state index in [4.69, 9.17) is 16.3 Å². The Hall–Kier alpha value is -2.48. The molecule has 44 heavy (non-hydrogen) atoms. The summed E-state index contributed by atoms with van der Waals surface area (Å²) >= 11 is 6.08. The molecule has 1 saturated carbocycles. The molecular weight excluding hydrogens is 577 g/mol. The van der Waals surface area contributed by atoms with Crippen molar-refractivity contribution in [3.63, 3.8) is 0 Å². The first kappa shape index (κ1) is 31.5. The first-order valence-electron chi connectivity index (χ1n) is 16.4. The molecule has 2 aromatic carbocycles. The summed E-state index contributed by atoms with van der Waals surface area (Å²) in [4.78, 5) is 34.5. The Kier molecular flexibility index (Phi) is 8.61. The number of benzene rings is 2. The monoisotopic (exact) mass is 623 g/mol. The Morgan fingerprint density at radius 2 is 1.80 bits per heavy atom. The van der Waals surface area contributed by atoms with E-state index in [1.54, 1.807) is 12.1 Å². The molecule has 0 N–H and O–H groups in total. The second-order valence-electron chi connectivity index (χ2n) is 14.9. The van der Waals surface area contributed by atoms with E-state index >= 15 is 4.39 Å². The third-order valence-electron chi connectivity index (χ3n) is 10.4. The Labute approximate surface area is 266 Å². The van der Waals surface area contributed by atoms with E-state index in [0.717, 1.165) is 31.2 Å². The van der Waals surface area contributed by atoms with Crippen molar-refractivity contribution in [2.24, 2.45) is 5.92 Å². The van der Waals surface area contributed by atoms with Crippen molar-refractivity contribution in [2.75, 3.05) is 32.7 Å². The number of hydrogen-bond donors (Lipinski definition) is 0. The van der Waals surface area contributed by atoms with E-state index in [1.165, 1.54) is 23.6 Å². The second kappa shape index (κ2) is 12.0. The van der Waals surface area contributed by atoms with Gasteiger partial charge in [0.2, 0.25) is 5.91 Å². The van der Waals surface area contributed by atoms with Gasteiger partial charge in [0, 0.05) is 55.2 Å². The zero-order chi connectivity index (χ0) is 31.4. The smallest absolute Gasteiger partial charge is 0.324 e. The minimum atomic E-state index is -0.588. The highest BCUT2D eigenvalue weighted by Gasteiger charge is 2.52. The van der Waals surface area contributed by atoms with Gasteiger partial charge in [-0.2, -0.15) is 0 Å². The van der Waals surface area contributed by atoms with Crippen LogP contribution in [0.15, 0.2) is 36.4 Å². The molecule has 238 valence electrons. The first-order chi connectivity index (χ1) is 20.8. The van der Waals surface area contributed by atoms with Crippen LogP contribution in [-0.4, -0.2) is 82.5 Å². The molecule has 0 spiro atoms. The minimum Gasteiger partial charge on any atom is -0.459 e. The summed E-state index contributed by atoms with van der Waals surface area (Å²) in [5.74, 6) is -1.03.